The van der Waals surface area contributed by atoms with E-state index in [1.54, 1.807) is 0 Å². The lowest BCUT2D eigenvalue weighted by atomic mass is 10.1. The molecule has 0 spiro atoms. The number of ether oxygens (including phenoxy) is 1. The summed E-state index contributed by atoms with van der Waals surface area (Å²) < 4.78 is 5.87. The summed E-state index contributed by atoms with van der Waals surface area (Å²) in [5, 5.41) is 14.9. The smallest absolute Gasteiger partial charge is 0.119 e. The molecule has 0 heterocycles. The number of benzene rings is 3. The molecule has 3 rings (SSSR count). The van der Waals surface area contributed by atoms with Crippen LogP contribution in [0.5, 0.6) is 5.75 Å². The Kier molecular flexibility index (Phi) is 10.3. The van der Waals surface area contributed by atoms with E-state index in [-0.39, 0.29) is 0 Å². The van der Waals surface area contributed by atoms with Crippen LogP contribution in [-0.2, 0) is 0 Å². The van der Waals surface area contributed by atoms with Crippen molar-refractivity contribution in [1.82, 2.24) is 9.80 Å². The van der Waals surface area contributed by atoms with Gasteiger partial charge in [0, 0.05) is 36.1 Å². The van der Waals surface area contributed by atoms with E-state index in [1.807, 2.05) is 36.4 Å². The maximum absolute atomic E-state index is 5.87. The Bertz CT molecular complexity index is 1030. The fraction of sp³-hybridized carbons (Fsp3) is 0.429. The van der Waals surface area contributed by atoms with Gasteiger partial charge in [0.2, 0.25) is 0 Å². The predicted molar refractivity (Wildman–Crippen MR) is 144 cm³/mol. The van der Waals surface area contributed by atoms with Crippen molar-refractivity contribution in [1.29, 1.82) is 0 Å². The van der Waals surface area contributed by atoms with Crippen LogP contribution in [0.3, 0.4) is 0 Å². The number of azo groups is 1. The van der Waals surface area contributed by atoms with Gasteiger partial charge in [-0.25, -0.2) is 0 Å². The van der Waals surface area contributed by atoms with Gasteiger partial charge in [0.25, 0.3) is 0 Å². The van der Waals surface area contributed by atoms with E-state index in [0.29, 0.717) is 6.61 Å². The molecule has 182 valence electrons. The Labute approximate surface area is 204 Å². The molecule has 0 saturated carbocycles. The van der Waals surface area contributed by atoms with Crippen LogP contribution in [0.1, 0.15) is 27.7 Å². The van der Waals surface area contributed by atoms with E-state index in [2.05, 4.69) is 77.3 Å². The normalized spacial score (nSPS) is 11.7. The molecule has 0 aromatic heterocycles. The average Bonchev–Trinajstić information content (AvgIpc) is 2.89. The van der Waals surface area contributed by atoms with Crippen molar-refractivity contribution in [3.63, 3.8) is 0 Å². The minimum absolute atomic E-state index is 0.684. The fourth-order valence-electron chi connectivity index (χ4n) is 3.97. The first-order chi connectivity index (χ1) is 16.7. The highest BCUT2D eigenvalue weighted by atomic mass is 16.5. The van der Waals surface area contributed by atoms with Crippen molar-refractivity contribution in [2.45, 2.75) is 27.7 Å². The van der Waals surface area contributed by atoms with Gasteiger partial charge in [-0.15, -0.1) is 5.11 Å². The van der Waals surface area contributed by atoms with E-state index in [9.17, 15) is 0 Å². The summed E-state index contributed by atoms with van der Waals surface area (Å²) in [6.45, 7) is 16.5. The molecule has 0 radical (unpaired) electrons. The van der Waals surface area contributed by atoms with E-state index >= 15 is 0 Å². The molecule has 0 aliphatic rings. The van der Waals surface area contributed by atoms with E-state index in [1.165, 1.54) is 0 Å². The van der Waals surface area contributed by atoms with Gasteiger partial charge < -0.3 is 19.9 Å². The second-order valence-corrected chi connectivity index (χ2v) is 8.20. The zero-order valence-electron chi connectivity index (χ0n) is 21.1. The monoisotopic (exact) mass is 461 g/mol. The number of hydrogen-bond acceptors (Lipinski definition) is 6. The van der Waals surface area contributed by atoms with Crippen molar-refractivity contribution in [3.05, 3.63) is 60.7 Å². The van der Waals surface area contributed by atoms with Crippen LogP contribution in [0.2, 0.25) is 0 Å². The minimum Gasteiger partial charge on any atom is -0.492 e. The van der Waals surface area contributed by atoms with Gasteiger partial charge in [-0.1, -0.05) is 52.0 Å². The molecule has 3 aromatic carbocycles. The summed E-state index contributed by atoms with van der Waals surface area (Å²) in [6.07, 6.45) is 0. The van der Waals surface area contributed by atoms with E-state index in [0.717, 1.165) is 79.4 Å². The Morgan fingerprint density at radius 1 is 0.706 bits per heavy atom. The third-order valence-electron chi connectivity index (χ3n) is 6.22. The molecule has 0 atom stereocenters. The summed E-state index contributed by atoms with van der Waals surface area (Å²) in [5.41, 5.74) is 2.80. The first-order valence-electron chi connectivity index (χ1n) is 12.5. The molecule has 0 aliphatic heterocycles. The minimum atomic E-state index is 0.684. The first kappa shape index (κ1) is 25.7. The number of hydrogen-bond donors (Lipinski definition) is 1. The number of fused-ring (bicyclic) bond motifs is 1. The van der Waals surface area contributed by atoms with Crippen molar-refractivity contribution in [3.8, 4) is 5.75 Å². The standard InChI is InChI=1S/C28H39N5O/c1-5-32(6-2)20-19-29-27-17-18-28(26-12-10-9-11-25(26)27)31-30-23-13-15-24(16-14-23)34-22-21-33(7-3)8-4/h9-18,29H,5-8,19-22H2,1-4H3. The molecule has 0 fully saturated rings. The first-order valence-corrected chi connectivity index (χ1v) is 12.5. The fourth-order valence-corrected chi connectivity index (χ4v) is 3.97. The number of likely N-dealkylation sites (N-methyl/N-ethyl adjacent to an activating group) is 2. The average molecular weight is 462 g/mol. The third-order valence-corrected chi connectivity index (χ3v) is 6.22. The predicted octanol–water partition coefficient (Wildman–Crippen LogP) is 6.73. The van der Waals surface area contributed by atoms with Gasteiger partial charge in [-0.3, -0.25) is 0 Å². The Balaban J connectivity index is 1.65. The van der Waals surface area contributed by atoms with Crippen LogP contribution in [0.15, 0.2) is 70.9 Å². The molecule has 0 unspecified atom stereocenters. The van der Waals surface area contributed by atoms with Gasteiger partial charge in [-0.05, 0) is 62.6 Å². The zero-order valence-corrected chi connectivity index (χ0v) is 21.1. The summed E-state index contributed by atoms with van der Waals surface area (Å²) >= 11 is 0. The van der Waals surface area contributed by atoms with Crippen LogP contribution in [-0.4, -0.2) is 62.2 Å². The van der Waals surface area contributed by atoms with Crippen molar-refractivity contribution in [2.24, 2.45) is 10.2 Å². The lowest BCUT2D eigenvalue weighted by Crippen LogP contribution is -2.28. The second-order valence-electron chi connectivity index (χ2n) is 8.20. The summed E-state index contributed by atoms with van der Waals surface area (Å²) in [6, 6.07) is 20.3. The summed E-state index contributed by atoms with van der Waals surface area (Å²) in [5.74, 6) is 0.858. The highest BCUT2D eigenvalue weighted by molar-refractivity contribution is 6.00. The Morgan fingerprint density at radius 2 is 1.35 bits per heavy atom. The van der Waals surface area contributed by atoms with Gasteiger partial charge in [-0.2, -0.15) is 5.11 Å². The maximum atomic E-state index is 5.87. The van der Waals surface area contributed by atoms with Crippen molar-refractivity contribution >= 4 is 27.8 Å². The van der Waals surface area contributed by atoms with Crippen LogP contribution in [0.25, 0.3) is 10.8 Å². The second kappa shape index (κ2) is 13.7. The van der Waals surface area contributed by atoms with Gasteiger partial charge in [0.1, 0.15) is 12.4 Å². The molecule has 1 N–H and O–H groups in total. The molecule has 6 nitrogen and oxygen atoms in total. The molecule has 3 aromatic rings. The van der Waals surface area contributed by atoms with E-state index in [4.69, 9.17) is 4.74 Å². The Morgan fingerprint density at radius 3 is 2.03 bits per heavy atom. The Hall–Kier alpha value is -2.96. The van der Waals surface area contributed by atoms with Crippen molar-refractivity contribution < 1.29 is 4.74 Å². The molecule has 0 bridgehead atoms. The van der Waals surface area contributed by atoms with Crippen molar-refractivity contribution in [2.75, 3.05) is 57.7 Å². The number of nitrogens with zero attached hydrogens (tertiary/aromatic N) is 4. The van der Waals surface area contributed by atoms with Crippen LogP contribution in [0.4, 0.5) is 17.1 Å². The number of nitrogens with one attached hydrogen (secondary N) is 1. The van der Waals surface area contributed by atoms with Gasteiger partial charge in [0.05, 0.1) is 11.4 Å². The number of anilines is 1. The molecule has 0 saturated heterocycles. The van der Waals surface area contributed by atoms with Crippen LogP contribution < -0.4 is 10.1 Å². The molecule has 0 amide bonds. The molecular weight excluding hydrogens is 422 g/mol. The molecule has 34 heavy (non-hydrogen) atoms. The van der Waals surface area contributed by atoms with Crippen LogP contribution >= 0.6 is 0 Å². The third kappa shape index (κ3) is 7.27. The lowest BCUT2D eigenvalue weighted by Gasteiger charge is -2.19. The number of rotatable bonds is 14. The maximum Gasteiger partial charge on any atom is 0.119 e. The summed E-state index contributed by atoms with van der Waals surface area (Å²) in [4.78, 5) is 4.76. The highest BCUT2D eigenvalue weighted by Gasteiger charge is 2.06. The largest absolute Gasteiger partial charge is 0.492 e. The quantitative estimate of drug-likeness (QED) is 0.270. The van der Waals surface area contributed by atoms with Gasteiger partial charge in [0.15, 0.2) is 0 Å². The topological polar surface area (TPSA) is 52.5 Å². The van der Waals surface area contributed by atoms with Gasteiger partial charge >= 0.3 is 0 Å². The molecule has 6 heteroatoms. The highest BCUT2D eigenvalue weighted by Crippen LogP contribution is 2.33. The van der Waals surface area contributed by atoms with E-state index < -0.39 is 0 Å². The zero-order chi connectivity index (χ0) is 24.2. The SMILES string of the molecule is CCN(CC)CCNc1ccc(N=Nc2ccc(OCCN(CC)CC)cc2)c2ccccc12. The van der Waals surface area contributed by atoms with Crippen LogP contribution in [0, 0.1) is 0 Å². The lowest BCUT2D eigenvalue weighted by molar-refractivity contribution is 0.223. The molecular formula is C28H39N5O. The summed E-state index contributed by atoms with van der Waals surface area (Å²) in [7, 11) is 0. The molecule has 0 aliphatic carbocycles.